The SMILES string of the molecule is C=C/C=C(\C=C/C(C)C#N)NC(=O)N(C)CCC. The summed E-state index contributed by atoms with van der Waals surface area (Å²) in [6, 6.07) is 1.93. The van der Waals surface area contributed by atoms with Crippen LogP contribution in [0.3, 0.4) is 0 Å². The summed E-state index contributed by atoms with van der Waals surface area (Å²) in [7, 11) is 1.74. The molecule has 0 aliphatic carbocycles. The molecule has 0 saturated heterocycles. The molecule has 98 valence electrons. The van der Waals surface area contributed by atoms with Gasteiger partial charge in [-0.1, -0.05) is 25.7 Å². The van der Waals surface area contributed by atoms with E-state index in [4.69, 9.17) is 5.26 Å². The highest BCUT2D eigenvalue weighted by molar-refractivity contribution is 5.76. The maximum atomic E-state index is 11.8. The van der Waals surface area contributed by atoms with Crippen molar-refractivity contribution in [3.8, 4) is 6.07 Å². The van der Waals surface area contributed by atoms with Gasteiger partial charge >= 0.3 is 6.03 Å². The Morgan fingerprint density at radius 1 is 1.61 bits per heavy atom. The summed E-state index contributed by atoms with van der Waals surface area (Å²) in [5.74, 6) is -0.191. The molecule has 1 N–H and O–H groups in total. The van der Waals surface area contributed by atoms with E-state index >= 15 is 0 Å². The summed E-state index contributed by atoms with van der Waals surface area (Å²) in [5, 5.41) is 11.4. The Kier molecular flexibility index (Phi) is 8.04. The van der Waals surface area contributed by atoms with Crippen molar-refractivity contribution in [3.63, 3.8) is 0 Å². The Morgan fingerprint density at radius 3 is 2.78 bits per heavy atom. The smallest absolute Gasteiger partial charge is 0.321 e. The number of rotatable bonds is 6. The second-order valence-corrected chi connectivity index (χ2v) is 3.99. The molecule has 0 aliphatic rings. The highest BCUT2D eigenvalue weighted by Gasteiger charge is 2.07. The van der Waals surface area contributed by atoms with Crippen LogP contribution in [0, 0.1) is 17.2 Å². The van der Waals surface area contributed by atoms with E-state index in [0.717, 1.165) is 6.42 Å². The minimum Gasteiger partial charge on any atom is -0.328 e. The molecular weight excluding hydrogens is 226 g/mol. The molecule has 0 fully saturated rings. The summed E-state index contributed by atoms with van der Waals surface area (Å²) in [6.45, 7) is 8.09. The summed E-state index contributed by atoms with van der Waals surface area (Å²) < 4.78 is 0. The van der Waals surface area contributed by atoms with E-state index in [1.165, 1.54) is 0 Å². The lowest BCUT2D eigenvalue weighted by Gasteiger charge is -2.17. The number of hydrogen-bond acceptors (Lipinski definition) is 2. The fourth-order valence-electron chi connectivity index (χ4n) is 1.21. The third kappa shape index (κ3) is 6.54. The quantitative estimate of drug-likeness (QED) is 0.734. The van der Waals surface area contributed by atoms with Crippen molar-refractivity contribution in [2.75, 3.05) is 13.6 Å². The monoisotopic (exact) mass is 247 g/mol. The van der Waals surface area contributed by atoms with E-state index < -0.39 is 0 Å². The first-order valence-electron chi connectivity index (χ1n) is 5.97. The molecule has 0 heterocycles. The van der Waals surface area contributed by atoms with Crippen molar-refractivity contribution in [2.24, 2.45) is 5.92 Å². The van der Waals surface area contributed by atoms with Crippen LogP contribution >= 0.6 is 0 Å². The molecule has 0 aromatic rings. The van der Waals surface area contributed by atoms with Crippen molar-refractivity contribution in [2.45, 2.75) is 20.3 Å². The summed E-state index contributed by atoms with van der Waals surface area (Å²) in [4.78, 5) is 13.4. The van der Waals surface area contributed by atoms with Gasteiger partial charge in [-0.2, -0.15) is 5.26 Å². The number of urea groups is 1. The second-order valence-electron chi connectivity index (χ2n) is 3.99. The number of allylic oxidation sites excluding steroid dienone is 4. The normalized spacial score (nSPS) is 12.9. The van der Waals surface area contributed by atoms with E-state index in [0.29, 0.717) is 12.2 Å². The van der Waals surface area contributed by atoms with Crippen LogP contribution in [0.4, 0.5) is 4.79 Å². The number of carbonyl (C=O) groups is 1. The first-order valence-corrected chi connectivity index (χ1v) is 5.97. The van der Waals surface area contributed by atoms with Crippen molar-refractivity contribution in [1.29, 1.82) is 5.26 Å². The maximum Gasteiger partial charge on any atom is 0.321 e. The van der Waals surface area contributed by atoms with E-state index in [1.54, 1.807) is 43.2 Å². The molecule has 0 rings (SSSR count). The fraction of sp³-hybridized carbons (Fsp3) is 0.429. The van der Waals surface area contributed by atoms with Crippen LogP contribution in [-0.4, -0.2) is 24.5 Å². The topological polar surface area (TPSA) is 56.1 Å². The van der Waals surface area contributed by atoms with E-state index in [9.17, 15) is 4.79 Å². The Morgan fingerprint density at radius 2 is 2.28 bits per heavy atom. The molecule has 1 atom stereocenters. The van der Waals surface area contributed by atoms with E-state index in [1.807, 2.05) is 6.92 Å². The predicted octanol–water partition coefficient (Wildman–Crippen LogP) is 2.82. The molecule has 4 heteroatoms. The fourth-order valence-corrected chi connectivity index (χ4v) is 1.21. The third-order valence-electron chi connectivity index (χ3n) is 2.22. The Hall–Kier alpha value is -2.02. The molecule has 4 nitrogen and oxygen atoms in total. The Bertz CT molecular complexity index is 377. The standard InChI is InChI=1S/C14H21N3O/c1-5-7-13(9-8-12(3)11-15)16-14(18)17(4)10-6-2/h5,7-9,12H,1,6,10H2,2-4H3,(H,16,18)/b9-8-,13-7+. The number of nitrogens with one attached hydrogen (secondary N) is 1. The van der Waals surface area contributed by atoms with Gasteiger partial charge in [0.25, 0.3) is 0 Å². The average Bonchev–Trinajstić information content (AvgIpc) is 2.35. The molecule has 0 bridgehead atoms. The highest BCUT2D eigenvalue weighted by Crippen LogP contribution is 2.01. The van der Waals surface area contributed by atoms with Gasteiger partial charge in [-0.15, -0.1) is 0 Å². The molecular formula is C14H21N3O. The molecule has 0 spiro atoms. The lowest BCUT2D eigenvalue weighted by atomic mass is 10.2. The average molecular weight is 247 g/mol. The van der Waals surface area contributed by atoms with Crippen LogP contribution in [0.1, 0.15) is 20.3 Å². The molecule has 1 unspecified atom stereocenters. The second kappa shape index (κ2) is 9.06. The van der Waals surface area contributed by atoms with Gasteiger partial charge in [-0.25, -0.2) is 4.79 Å². The zero-order chi connectivity index (χ0) is 14.0. The van der Waals surface area contributed by atoms with Crippen LogP contribution < -0.4 is 5.32 Å². The maximum absolute atomic E-state index is 11.8. The largest absolute Gasteiger partial charge is 0.328 e. The first-order chi connectivity index (χ1) is 8.54. The minimum absolute atomic E-state index is 0.167. The van der Waals surface area contributed by atoms with Gasteiger partial charge < -0.3 is 10.2 Å². The number of nitriles is 1. The van der Waals surface area contributed by atoms with Gasteiger partial charge in [0.1, 0.15) is 0 Å². The van der Waals surface area contributed by atoms with Gasteiger partial charge in [0.05, 0.1) is 12.0 Å². The van der Waals surface area contributed by atoms with E-state index in [2.05, 4.69) is 18.0 Å². The molecule has 0 saturated carbocycles. The number of nitrogens with zero attached hydrogens (tertiary/aromatic N) is 2. The summed E-state index contributed by atoms with van der Waals surface area (Å²) >= 11 is 0. The lowest BCUT2D eigenvalue weighted by molar-refractivity contribution is 0.212. The molecule has 0 aromatic heterocycles. The van der Waals surface area contributed by atoms with Crippen molar-refractivity contribution < 1.29 is 4.79 Å². The number of amides is 2. The molecule has 2 amide bonds. The third-order valence-corrected chi connectivity index (χ3v) is 2.22. The van der Waals surface area contributed by atoms with Gasteiger partial charge in [-0.05, 0) is 25.5 Å². The molecule has 0 aliphatic heterocycles. The van der Waals surface area contributed by atoms with Crippen LogP contribution in [0.2, 0.25) is 0 Å². The van der Waals surface area contributed by atoms with Crippen LogP contribution in [0.25, 0.3) is 0 Å². The zero-order valence-corrected chi connectivity index (χ0v) is 11.3. The van der Waals surface area contributed by atoms with Crippen molar-refractivity contribution in [1.82, 2.24) is 10.2 Å². The molecule has 0 aromatic carbocycles. The van der Waals surface area contributed by atoms with Crippen LogP contribution in [0.15, 0.2) is 36.6 Å². The van der Waals surface area contributed by atoms with Gasteiger partial charge in [-0.3, -0.25) is 0 Å². The van der Waals surface area contributed by atoms with Crippen molar-refractivity contribution >= 4 is 6.03 Å². The summed E-state index contributed by atoms with van der Waals surface area (Å²) in [6.07, 6.45) is 7.64. The zero-order valence-electron chi connectivity index (χ0n) is 11.3. The highest BCUT2D eigenvalue weighted by atomic mass is 16.2. The van der Waals surface area contributed by atoms with Crippen molar-refractivity contribution in [3.05, 3.63) is 36.6 Å². The number of hydrogen-bond donors (Lipinski definition) is 1. The van der Waals surface area contributed by atoms with Gasteiger partial charge in [0.2, 0.25) is 0 Å². The predicted molar refractivity (Wildman–Crippen MR) is 73.6 cm³/mol. The van der Waals surface area contributed by atoms with E-state index in [-0.39, 0.29) is 11.9 Å². The van der Waals surface area contributed by atoms with Crippen LogP contribution in [0.5, 0.6) is 0 Å². The summed E-state index contributed by atoms with van der Waals surface area (Å²) in [5.41, 5.74) is 0.625. The lowest BCUT2D eigenvalue weighted by Crippen LogP contribution is -2.36. The molecule has 0 radical (unpaired) electrons. The van der Waals surface area contributed by atoms with Gasteiger partial charge in [0.15, 0.2) is 0 Å². The van der Waals surface area contributed by atoms with Gasteiger partial charge in [0, 0.05) is 19.3 Å². The first kappa shape index (κ1) is 16.0. The van der Waals surface area contributed by atoms with Crippen LogP contribution in [-0.2, 0) is 0 Å². The Labute approximate surface area is 109 Å². The Balaban J connectivity index is 4.61. The molecule has 18 heavy (non-hydrogen) atoms. The number of carbonyl (C=O) groups excluding carboxylic acids is 1. The minimum atomic E-state index is -0.191.